The summed E-state index contributed by atoms with van der Waals surface area (Å²) in [7, 11) is 0. The minimum absolute atomic E-state index is 0.0484. The summed E-state index contributed by atoms with van der Waals surface area (Å²) >= 11 is 0. The highest BCUT2D eigenvalue weighted by atomic mass is 16.4. The molecular weight excluding hydrogens is 596 g/mol. The van der Waals surface area contributed by atoms with Crippen LogP contribution in [0, 0.1) is 11.8 Å². The van der Waals surface area contributed by atoms with Crippen molar-refractivity contribution in [3.05, 3.63) is 36.0 Å². The molecule has 5 amide bonds. The first-order chi connectivity index (χ1) is 21.8. The predicted molar refractivity (Wildman–Crippen MR) is 167 cm³/mol. The molecule has 0 unspecified atom stereocenters. The molecule has 248 valence electrons. The van der Waals surface area contributed by atoms with Crippen molar-refractivity contribution in [2.24, 2.45) is 11.8 Å². The Balaban J connectivity index is 1.79. The summed E-state index contributed by atoms with van der Waals surface area (Å²) in [5.41, 5.74) is 1.12. The minimum Gasteiger partial charge on any atom is -0.481 e. The van der Waals surface area contributed by atoms with E-state index in [1.165, 1.54) is 9.47 Å². The fraction of sp³-hybridized carbons (Fsp3) is 0.531. The molecular formula is C32H42N6O8. The second-order valence-corrected chi connectivity index (χ2v) is 12.7. The summed E-state index contributed by atoms with van der Waals surface area (Å²) in [6, 6.07) is 1.06. The molecule has 0 aliphatic carbocycles. The average molecular weight is 639 g/mol. The molecule has 3 heterocycles. The Morgan fingerprint density at radius 2 is 1.57 bits per heavy atom. The summed E-state index contributed by atoms with van der Waals surface area (Å²) in [5, 5.41) is 21.0. The van der Waals surface area contributed by atoms with E-state index in [-0.39, 0.29) is 37.6 Å². The molecule has 2 saturated heterocycles. The van der Waals surface area contributed by atoms with Crippen molar-refractivity contribution in [2.45, 2.75) is 90.0 Å². The summed E-state index contributed by atoms with van der Waals surface area (Å²) < 4.78 is 1.35. The number of aromatic nitrogens is 1. The fourth-order valence-corrected chi connectivity index (χ4v) is 6.13. The van der Waals surface area contributed by atoms with Crippen LogP contribution in [0.2, 0.25) is 0 Å². The van der Waals surface area contributed by atoms with Gasteiger partial charge in [-0.15, -0.1) is 0 Å². The van der Waals surface area contributed by atoms with Gasteiger partial charge in [-0.05, 0) is 42.7 Å². The number of rotatable bonds is 8. The van der Waals surface area contributed by atoms with Gasteiger partial charge in [0.05, 0.1) is 11.9 Å². The normalized spacial score (nSPS) is 25.0. The van der Waals surface area contributed by atoms with Gasteiger partial charge < -0.3 is 31.3 Å². The van der Waals surface area contributed by atoms with Gasteiger partial charge in [0.15, 0.2) is 0 Å². The highest BCUT2D eigenvalue weighted by Crippen LogP contribution is 2.23. The van der Waals surface area contributed by atoms with Crippen LogP contribution in [-0.2, 0) is 40.0 Å². The van der Waals surface area contributed by atoms with E-state index in [2.05, 4.69) is 21.3 Å². The maximum atomic E-state index is 13.9. The molecule has 14 nitrogen and oxygen atoms in total. The maximum absolute atomic E-state index is 13.9. The summed E-state index contributed by atoms with van der Waals surface area (Å²) in [6.07, 6.45) is 2.25. The van der Waals surface area contributed by atoms with Gasteiger partial charge in [-0.2, -0.15) is 0 Å². The monoisotopic (exact) mass is 638 g/mol. The Bertz CT molecular complexity index is 1520. The number of carboxylic acid groups (broad SMARTS) is 1. The van der Waals surface area contributed by atoms with Gasteiger partial charge in [0.25, 0.3) is 0 Å². The Kier molecular flexibility index (Phi) is 10.8. The number of para-hydroxylation sites is 1. The zero-order valence-electron chi connectivity index (χ0n) is 26.4. The molecule has 2 aliphatic heterocycles. The van der Waals surface area contributed by atoms with Gasteiger partial charge in [0.2, 0.25) is 35.9 Å². The quantitative estimate of drug-likeness (QED) is 0.255. The van der Waals surface area contributed by atoms with Crippen LogP contribution in [0.15, 0.2) is 30.5 Å². The van der Waals surface area contributed by atoms with Gasteiger partial charge in [-0.25, -0.2) is 0 Å². The minimum atomic E-state index is -1.54. The van der Waals surface area contributed by atoms with Crippen molar-refractivity contribution >= 4 is 52.8 Å². The molecule has 0 bridgehead atoms. The Hall–Kier alpha value is -4.75. The predicted octanol–water partition coefficient (Wildman–Crippen LogP) is 0.343. The number of aliphatic carboxylic acids is 1. The third kappa shape index (κ3) is 7.72. The number of benzene rings is 1. The van der Waals surface area contributed by atoms with Crippen LogP contribution in [-0.4, -0.2) is 93.2 Å². The third-order valence-corrected chi connectivity index (χ3v) is 8.41. The van der Waals surface area contributed by atoms with Crippen molar-refractivity contribution < 1.29 is 38.7 Å². The fourth-order valence-electron chi connectivity index (χ4n) is 6.13. The zero-order valence-corrected chi connectivity index (χ0v) is 26.4. The van der Waals surface area contributed by atoms with Crippen molar-refractivity contribution in [3.8, 4) is 0 Å². The molecule has 1 aromatic heterocycles. The van der Waals surface area contributed by atoms with Gasteiger partial charge >= 0.3 is 5.97 Å². The molecule has 2 aromatic rings. The number of hydrogen-bond acceptors (Lipinski definition) is 7. The molecule has 2 aliphatic rings. The number of fused-ring (bicyclic) bond motifs is 2. The van der Waals surface area contributed by atoms with Crippen molar-refractivity contribution in [2.75, 3.05) is 6.54 Å². The van der Waals surface area contributed by atoms with E-state index in [0.29, 0.717) is 29.3 Å². The largest absolute Gasteiger partial charge is 0.481 e. The number of carbonyl (C=O) groups is 7. The second kappa shape index (κ2) is 14.6. The van der Waals surface area contributed by atoms with Crippen LogP contribution in [0.25, 0.3) is 10.9 Å². The van der Waals surface area contributed by atoms with Crippen molar-refractivity contribution in [1.82, 2.24) is 30.7 Å². The molecule has 5 atom stereocenters. The molecule has 5 N–H and O–H groups in total. The van der Waals surface area contributed by atoms with E-state index in [0.717, 1.165) is 0 Å². The standard InChI is InChI=1S/C32H42N6O8/c1-17(2)12-21-28(42)33-22(13-19-15-37(16-39)24-9-6-5-8-20(19)24)29(43)35-23(14-26(40)41)32(46)38-11-7-10-25(38)30(44)36-27(18(3)4)31(45)34-21/h5-6,8-9,15-18,21-23,25,27H,7,10-14H2,1-4H3,(H,33,42)(H,34,45)(H,35,43)(H,36,44)(H,40,41)/t21-,22+,23+,25-,27+/m1/s1. The summed E-state index contributed by atoms with van der Waals surface area (Å²) in [4.78, 5) is 93.3. The van der Waals surface area contributed by atoms with Gasteiger partial charge in [0, 0.05) is 24.5 Å². The second-order valence-electron chi connectivity index (χ2n) is 12.7. The number of nitrogens with one attached hydrogen (secondary N) is 4. The van der Waals surface area contributed by atoms with Crippen LogP contribution in [0.1, 0.15) is 58.9 Å². The highest BCUT2D eigenvalue weighted by Gasteiger charge is 2.41. The van der Waals surface area contributed by atoms with Gasteiger partial charge in [-0.3, -0.25) is 38.1 Å². The lowest BCUT2D eigenvalue weighted by Crippen LogP contribution is -2.59. The van der Waals surface area contributed by atoms with Crippen LogP contribution < -0.4 is 21.3 Å². The van der Waals surface area contributed by atoms with Crippen molar-refractivity contribution in [3.63, 3.8) is 0 Å². The Morgan fingerprint density at radius 1 is 0.913 bits per heavy atom. The molecule has 46 heavy (non-hydrogen) atoms. The lowest BCUT2D eigenvalue weighted by molar-refractivity contribution is -0.146. The maximum Gasteiger partial charge on any atom is 0.305 e. The van der Waals surface area contributed by atoms with Crippen LogP contribution >= 0.6 is 0 Å². The number of amides is 5. The first-order valence-electron chi connectivity index (χ1n) is 15.6. The van der Waals surface area contributed by atoms with Gasteiger partial charge in [-0.1, -0.05) is 45.9 Å². The zero-order chi connectivity index (χ0) is 33.7. The molecule has 4 rings (SSSR count). The molecule has 0 spiro atoms. The molecule has 14 heteroatoms. The molecule has 2 fully saturated rings. The van der Waals surface area contributed by atoms with E-state index in [1.54, 1.807) is 44.3 Å². The van der Waals surface area contributed by atoms with E-state index < -0.39 is 72.1 Å². The average Bonchev–Trinajstić information content (AvgIpc) is 3.62. The third-order valence-electron chi connectivity index (χ3n) is 8.41. The Labute approximate surface area is 266 Å². The lowest BCUT2D eigenvalue weighted by atomic mass is 9.98. The summed E-state index contributed by atoms with van der Waals surface area (Å²) in [6.45, 7) is 7.37. The number of carboxylic acids is 1. The smallest absolute Gasteiger partial charge is 0.305 e. The molecule has 1 aromatic carbocycles. The van der Waals surface area contributed by atoms with E-state index in [9.17, 15) is 38.7 Å². The number of nitrogens with zero attached hydrogens (tertiary/aromatic N) is 2. The van der Waals surface area contributed by atoms with Crippen LogP contribution in [0.5, 0.6) is 0 Å². The highest BCUT2D eigenvalue weighted by molar-refractivity contribution is 5.99. The van der Waals surface area contributed by atoms with E-state index in [4.69, 9.17) is 0 Å². The Morgan fingerprint density at radius 3 is 2.22 bits per heavy atom. The topological polar surface area (TPSA) is 196 Å². The number of carbonyl (C=O) groups excluding carboxylic acids is 6. The number of hydrogen-bond donors (Lipinski definition) is 5. The first kappa shape index (κ1) is 34.1. The lowest BCUT2D eigenvalue weighted by Gasteiger charge is -2.30. The van der Waals surface area contributed by atoms with Crippen molar-refractivity contribution in [1.29, 1.82) is 0 Å². The van der Waals surface area contributed by atoms with Crippen LogP contribution in [0.3, 0.4) is 0 Å². The molecule has 0 saturated carbocycles. The van der Waals surface area contributed by atoms with E-state index >= 15 is 0 Å². The summed E-state index contributed by atoms with van der Waals surface area (Å²) in [5.74, 6) is -5.20. The van der Waals surface area contributed by atoms with E-state index in [1.807, 2.05) is 13.8 Å². The molecule has 0 radical (unpaired) electrons. The van der Waals surface area contributed by atoms with Gasteiger partial charge in [0.1, 0.15) is 30.2 Å². The first-order valence-corrected chi connectivity index (χ1v) is 15.6. The SMILES string of the molecule is CC(C)C[C@H]1NC(=O)[C@H](C(C)C)NC(=O)[C@H]2CCCN2C(=O)[C@H](CC(=O)O)NC(=O)[C@H](Cc2cn(C=O)c3ccccc23)NC1=O. The van der Waals surface area contributed by atoms with Crippen LogP contribution in [0.4, 0.5) is 0 Å².